The number of piperidine rings is 1. The van der Waals surface area contributed by atoms with Gasteiger partial charge in [-0.15, -0.1) is 0 Å². The maximum absolute atomic E-state index is 9.42. The molecule has 4 heterocycles. The van der Waals surface area contributed by atoms with E-state index in [-0.39, 0.29) is 0 Å². The summed E-state index contributed by atoms with van der Waals surface area (Å²) in [6.07, 6.45) is 3.20. The molecular weight excluding hydrogens is 412 g/mol. The molecule has 4 rings (SSSR count). The van der Waals surface area contributed by atoms with Crippen molar-refractivity contribution in [1.29, 1.82) is 5.26 Å². The molecule has 3 aromatic rings. The maximum Gasteiger partial charge on any atom is 0.228 e. The zero-order chi connectivity index (χ0) is 19.0. The fraction of sp³-hybridized carbons (Fsp3) is 0.353. The van der Waals surface area contributed by atoms with Crippen molar-refractivity contribution < 1.29 is 4.74 Å². The molecule has 3 aromatic heterocycles. The molecule has 0 radical (unpaired) electrons. The van der Waals surface area contributed by atoms with Gasteiger partial charge in [0, 0.05) is 30.9 Å². The van der Waals surface area contributed by atoms with Crippen LogP contribution in [0.3, 0.4) is 0 Å². The first-order valence-electron chi connectivity index (χ1n) is 8.40. The summed E-state index contributed by atoms with van der Waals surface area (Å²) in [5.41, 5.74) is 7.91. The van der Waals surface area contributed by atoms with E-state index >= 15 is 0 Å². The van der Waals surface area contributed by atoms with Crippen LogP contribution < -0.4 is 15.4 Å². The molecule has 0 unspecified atom stereocenters. The maximum atomic E-state index is 9.42. The first kappa shape index (κ1) is 17.6. The lowest BCUT2D eigenvalue weighted by Gasteiger charge is -2.39. The van der Waals surface area contributed by atoms with E-state index in [1.807, 2.05) is 17.0 Å². The zero-order valence-corrected chi connectivity index (χ0v) is 16.2. The number of nitriles is 1. The van der Waals surface area contributed by atoms with Gasteiger partial charge in [-0.3, -0.25) is 5.10 Å². The number of aromatic amines is 1. The van der Waals surface area contributed by atoms with Crippen molar-refractivity contribution >= 4 is 32.9 Å². The van der Waals surface area contributed by atoms with Crippen LogP contribution in [-0.4, -0.2) is 45.3 Å². The molecule has 9 nitrogen and oxygen atoms in total. The van der Waals surface area contributed by atoms with Crippen molar-refractivity contribution in [2.24, 2.45) is 5.73 Å². The molecule has 0 bridgehead atoms. The predicted molar refractivity (Wildman–Crippen MR) is 102 cm³/mol. The highest BCUT2D eigenvalue weighted by Crippen LogP contribution is 2.32. The van der Waals surface area contributed by atoms with E-state index in [4.69, 9.17) is 10.5 Å². The van der Waals surface area contributed by atoms with Crippen LogP contribution in [0.5, 0.6) is 5.88 Å². The highest BCUT2D eigenvalue weighted by Gasteiger charge is 2.34. The Morgan fingerprint density at radius 1 is 1.33 bits per heavy atom. The van der Waals surface area contributed by atoms with E-state index in [2.05, 4.69) is 47.1 Å². The molecule has 0 spiro atoms. The third kappa shape index (κ3) is 3.09. The average Bonchev–Trinajstić information content (AvgIpc) is 3.09. The topological polar surface area (TPSA) is 130 Å². The third-order valence-corrected chi connectivity index (χ3v) is 5.50. The smallest absolute Gasteiger partial charge is 0.228 e. The summed E-state index contributed by atoms with van der Waals surface area (Å²) in [6.45, 7) is 1.34. The van der Waals surface area contributed by atoms with Gasteiger partial charge in [0.2, 0.25) is 11.8 Å². The van der Waals surface area contributed by atoms with E-state index in [9.17, 15) is 5.26 Å². The van der Waals surface area contributed by atoms with Crippen LogP contribution in [0.15, 0.2) is 22.9 Å². The van der Waals surface area contributed by atoms with Gasteiger partial charge in [-0.2, -0.15) is 15.3 Å². The summed E-state index contributed by atoms with van der Waals surface area (Å²) in [5.74, 6) is 1.06. The number of halogens is 1. The van der Waals surface area contributed by atoms with Crippen LogP contribution >= 0.6 is 15.9 Å². The number of hydrogen-bond acceptors (Lipinski definition) is 8. The van der Waals surface area contributed by atoms with Crippen molar-refractivity contribution in [2.45, 2.75) is 18.4 Å². The van der Waals surface area contributed by atoms with Gasteiger partial charge in [0.25, 0.3) is 0 Å². The predicted octanol–water partition coefficient (Wildman–Crippen LogP) is 1.85. The van der Waals surface area contributed by atoms with Crippen molar-refractivity contribution in [3.8, 4) is 11.9 Å². The van der Waals surface area contributed by atoms with Gasteiger partial charge in [0.1, 0.15) is 10.7 Å². The minimum atomic E-state index is -0.465. The zero-order valence-electron chi connectivity index (χ0n) is 14.6. The Morgan fingerprint density at radius 2 is 2.11 bits per heavy atom. The number of pyridine rings is 1. The molecule has 1 aliphatic rings. The van der Waals surface area contributed by atoms with Crippen LogP contribution in [0, 0.1) is 11.3 Å². The van der Waals surface area contributed by atoms with E-state index < -0.39 is 5.54 Å². The molecule has 1 fully saturated rings. The Labute approximate surface area is 163 Å². The number of rotatable bonds is 3. The number of nitrogens with one attached hydrogen (secondary N) is 1. The number of hydrogen-bond donors (Lipinski definition) is 2. The van der Waals surface area contributed by atoms with Crippen molar-refractivity contribution in [3.63, 3.8) is 0 Å². The van der Waals surface area contributed by atoms with Crippen LogP contribution in [-0.2, 0) is 5.54 Å². The van der Waals surface area contributed by atoms with Crippen molar-refractivity contribution in [3.05, 3.63) is 34.2 Å². The van der Waals surface area contributed by atoms with Crippen LogP contribution in [0.25, 0.3) is 11.0 Å². The molecule has 3 N–H and O–H groups in total. The van der Waals surface area contributed by atoms with Gasteiger partial charge in [0.15, 0.2) is 11.3 Å². The minimum Gasteiger partial charge on any atom is -0.481 e. The van der Waals surface area contributed by atoms with Gasteiger partial charge >= 0.3 is 0 Å². The monoisotopic (exact) mass is 428 g/mol. The SMILES string of the molecule is COc1ccc(C2(N)CCN(c3nc(C#N)c4c(Br)[nH]nc4n3)CC2)cn1. The molecule has 10 heteroatoms. The van der Waals surface area contributed by atoms with E-state index in [1.54, 1.807) is 13.3 Å². The molecule has 0 saturated carbocycles. The average molecular weight is 429 g/mol. The molecule has 1 saturated heterocycles. The molecule has 0 aromatic carbocycles. The molecule has 27 heavy (non-hydrogen) atoms. The second kappa shape index (κ2) is 6.75. The number of fused-ring (bicyclic) bond motifs is 1. The summed E-state index contributed by atoms with van der Waals surface area (Å²) in [6, 6.07) is 5.90. The lowest BCUT2D eigenvalue weighted by atomic mass is 9.83. The Hall–Kier alpha value is -2.77. The highest BCUT2D eigenvalue weighted by molar-refractivity contribution is 9.10. The first-order chi connectivity index (χ1) is 13.0. The fourth-order valence-electron chi connectivity index (χ4n) is 3.29. The molecule has 1 aliphatic heterocycles. The van der Waals surface area contributed by atoms with E-state index in [0.717, 1.165) is 5.56 Å². The number of ether oxygens (including phenoxy) is 1. The number of H-pyrrole nitrogens is 1. The summed E-state index contributed by atoms with van der Waals surface area (Å²) < 4.78 is 5.71. The lowest BCUT2D eigenvalue weighted by molar-refractivity contribution is 0.338. The van der Waals surface area contributed by atoms with Crippen molar-refractivity contribution in [1.82, 2.24) is 25.1 Å². The molecule has 0 aliphatic carbocycles. The summed E-state index contributed by atoms with van der Waals surface area (Å²) in [4.78, 5) is 15.2. The second-order valence-electron chi connectivity index (χ2n) is 6.45. The molecule has 0 amide bonds. The largest absolute Gasteiger partial charge is 0.481 e. The van der Waals surface area contributed by atoms with Gasteiger partial charge in [-0.25, -0.2) is 9.97 Å². The number of nitrogens with two attached hydrogens (primary N) is 1. The Bertz CT molecular complexity index is 1020. The fourth-order valence-corrected chi connectivity index (χ4v) is 3.74. The number of methoxy groups -OCH3 is 1. The third-order valence-electron chi connectivity index (χ3n) is 4.92. The van der Waals surface area contributed by atoms with Crippen LogP contribution in [0.4, 0.5) is 5.95 Å². The molecular formula is C17H17BrN8O. The van der Waals surface area contributed by atoms with E-state index in [0.29, 0.717) is 59.1 Å². The minimum absolute atomic E-state index is 0.291. The van der Waals surface area contributed by atoms with Crippen molar-refractivity contribution in [2.75, 3.05) is 25.1 Å². The number of anilines is 1. The van der Waals surface area contributed by atoms with Gasteiger partial charge in [-0.1, -0.05) is 6.07 Å². The summed E-state index contributed by atoms with van der Waals surface area (Å²) in [7, 11) is 1.59. The Balaban J connectivity index is 1.57. The Kier molecular flexibility index (Phi) is 4.41. The molecule has 138 valence electrons. The quantitative estimate of drug-likeness (QED) is 0.645. The lowest BCUT2D eigenvalue weighted by Crippen LogP contribution is -2.48. The highest BCUT2D eigenvalue weighted by atomic mass is 79.9. The second-order valence-corrected chi connectivity index (χ2v) is 7.25. The Morgan fingerprint density at radius 3 is 2.74 bits per heavy atom. The first-order valence-corrected chi connectivity index (χ1v) is 9.19. The van der Waals surface area contributed by atoms with Gasteiger partial charge in [0.05, 0.1) is 12.5 Å². The van der Waals surface area contributed by atoms with E-state index in [1.165, 1.54) is 0 Å². The normalized spacial score (nSPS) is 16.3. The summed E-state index contributed by atoms with van der Waals surface area (Å²) >= 11 is 3.34. The number of aromatic nitrogens is 5. The van der Waals surface area contributed by atoms with Gasteiger partial charge in [-0.05, 0) is 34.3 Å². The van der Waals surface area contributed by atoms with Crippen LogP contribution in [0.1, 0.15) is 24.1 Å². The van der Waals surface area contributed by atoms with Gasteiger partial charge < -0.3 is 15.4 Å². The standard InChI is InChI=1S/C17H17BrN8O/c1-27-12-3-2-10(9-21-12)17(20)4-6-26(7-5-17)16-22-11(8-19)13-14(18)24-25-15(13)23-16/h2-3,9H,4-7,20H2,1H3,(H,22,23,24,25). The van der Waals surface area contributed by atoms with Crippen LogP contribution in [0.2, 0.25) is 0 Å². The molecule has 0 atom stereocenters. The summed E-state index contributed by atoms with van der Waals surface area (Å²) in [5, 5.41) is 16.9. The number of nitrogens with zero attached hydrogens (tertiary/aromatic N) is 6.